The molecule has 5 heteroatoms. The van der Waals surface area contributed by atoms with Crippen molar-refractivity contribution >= 4 is 27.3 Å². The van der Waals surface area contributed by atoms with Gasteiger partial charge in [-0.15, -0.1) is 11.3 Å². The molecule has 0 bridgehead atoms. The molecule has 102 valence electrons. The van der Waals surface area contributed by atoms with E-state index in [1.54, 1.807) is 0 Å². The summed E-state index contributed by atoms with van der Waals surface area (Å²) in [5, 5.41) is 9.07. The molecule has 2 heterocycles. The van der Waals surface area contributed by atoms with Crippen molar-refractivity contribution in [1.29, 1.82) is 0 Å². The maximum absolute atomic E-state index is 3.53. The van der Waals surface area contributed by atoms with Crippen LogP contribution in [0.25, 0.3) is 0 Å². The van der Waals surface area contributed by atoms with Crippen molar-refractivity contribution < 1.29 is 0 Å². The second-order valence-corrected chi connectivity index (χ2v) is 6.59. The fourth-order valence-corrected chi connectivity index (χ4v) is 3.64. The number of nitrogens with zero attached hydrogens (tertiary/aromatic N) is 1. The van der Waals surface area contributed by atoms with Crippen LogP contribution in [-0.2, 0) is 6.42 Å². The number of halogens is 1. The Morgan fingerprint density at radius 3 is 2.89 bits per heavy atom. The molecule has 1 aliphatic heterocycles. The van der Waals surface area contributed by atoms with Gasteiger partial charge in [-0.1, -0.05) is 0 Å². The molecule has 1 fully saturated rings. The zero-order chi connectivity index (χ0) is 12.6. The van der Waals surface area contributed by atoms with Gasteiger partial charge in [0.05, 0.1) is 0 Å². The molecule has 0 radical (unpaired) electrons. The topological polar surface area (TPSA) is 27.3 Å². The van der Waals surface area contributed by atoms with E-state index in [2.05, 4.69) is 42.9 Å². The summed E-state index contributed by atoms with van der Waals surface area (Å²) in [7, 11) is 0. The monoisotopic (exact) mass is 331 g/mol. The van der Waals surface area contributed by atoms with E-state index in [-0.39, 0.29) is 0 Å². The first-order chi connectivity index (χ1) is 8.84. The van der Waals surface area contributed by atoms with Crippen LogP contribution in [0.2, 0.25) is 0 Å². The third-order valence-corrected chi connectivity index (χ3v) is 4.96. The molecule has 0 amide bonds. The quantitative estimate of drug-likeness (QED) is 0.748. The molecule has 1 aromatic heterocycles. The lowest BCUT2D eigenvalue weighted by Crippen LogP contribution is -2.44. The van der Waals surface area contributed by atoms with Crippen molar-refractivity contribution in [1.82, 2.24) is 15.5 Å². The summed E-state index contributed by atoms with van der Waals surface area (Å²) < 4.78 is 1.21. The molecule has 2 rings (SSSR count). The van der Waals surface area contributed by atoms with Crippen LogP contribution < -0.4 is 10.6 Å². The van der Waals surface area contributed by atoms with E-state index in [0.29, 0.717) is 0 Å². The molecular weight excluding hydrogens is 310 g/mol. The fraction of sp³-hybridized carbons (Fsp3) is 0.692. The molecule has 18 heavy (non-hydrogen) atoms. The van der Waals surface area contributed by atoms with Crippen molar-refractivity contribution in [2.45, 2.75) is 12.8 Å². The van der Waals surface area contributed by atoms with Gasteiger partial charge in [0.25, 0.3) is 0 Å². The number of piperazine rings is 1. The standard InChI is InChI=1S/C13H22BrN3S/c14-12-10-13(18-11-12)2-4-15-3-1-7-17-8-5-16-6-9-17/h10-11,15-16H,1-9H2. The van der Waals surface area contributed by atoms with Crippen molar-refractivity contribution in [2.24, 2.45) is 0 Å². The zero-order valence-corrected chi connectivity index (χ0v) is 13.2. The highest BCUT2D eigenvalue weighted by atomic mass is 79.9. The van der Waals surface area contributed by atoms with E-state index < -0.39 is 0 Å². The predicted molar refractivity (Wildman–Crippen MR) is 82.5 cm³/mol. The van der Waals surface area contributed by atoms with E-state index in [9.17, 15) is 0 Å². The average molecular weight is 332 g/mol. The number of rotatable bonds is 7. The van der Waals surface area contributed by atoms with Gasteiger partial charge in [0.1, 0.15) is 0 Å². The fourth-order valence-electron chi connectivity index (χ4n) is 2.18. The Labute approximate surface area is 122 Å². The molecule has 0 atom stereocenters. The highest BCUT2D eigenvalue weighted by molar-refractivity contribution is 9.10. The Balaban J connectivity index is 1.46. The molecule has 1 aliphatic rings. The Bertz CT molecular complexity index is 337. The number of nitrogens with one attached hydrogen (secondary N) is 2. The zero-order valence-electron chi connectivity index (χ0n) is 10.8. The third kappa shape index (κ3) is 5.36. The minimum Gasteiger partial charge on any atom is -0.316 e. The normalized spacial score (nSPS) is 17.2. The van der Waals surface area contributed by atoms with Crippen molar-refractivity contribution in [3.8, 4) is 0 Å². The van der Waals surface area contributed by atoms with Gasteiger partial charge in [0, 0.05) is 40.9 Å². The molecule has 1 saturated heterocycles. The Hall–Kier alpha value is 0.0600. The van der Waals surface area contributed by atoms with Crippen LogP contribution in [0.3, 0.4) is 0 Å². The van der Waals surface area contributed by atoms with Crippen molar-refractivity contribution in [3.05, 3.63) is 20.8 Å². The summed E-state index contributed by atoms with van der Waals surface area (Å²) in [5.74, 6) is 0. The summed E-state index contributed by atoms with van der Waals surface area (Å²) in [5.41, 5.74) is 0. The molecule has 2 N–H and O–H groups in total. The third-order valence-electron chi connectivity index (χ3n) is 3.21. The van der Waals surface area contributed by atoms with Crippen LogP contribution in [0.4, 0.5) is 0 Å². The number of hydrogen-bond donors (Lipinski definition) is 2. The van der Waals surface area contributed by atoms with Crippen LogP contribution >= 0.6 is 27.3 Å². The lowest BCUT2D eigenvalue weighted by atomic mass is 10.3. The molecule has 1 aromatic rings. The summed E-state index contributed by atoms with van der Waals surface area (Å²) >= 11 is 5.32. The first kappa shape index (κ1) is 14.5. The molecular formula is C13H22BrN3S. The average Bonchev–Trinajstić information content (AvgIpc) is 2.81. The van der Waals surface area contributed by atoms with E-state index in [0.717, 1.165) is 32.6 Å². The van der Waals surface area contributed by atoms with Crippen LogP contribution in [0.5, 0.6) is 0 Å². The van der Waals surface area contributed by atoms with Crippen LogP contribution in [0.1, 0.15) is 11.3 Å². The molecule has 0 spiro atoms. The van der Waals surface area contributed by atoms with Gasteiger partial charge in [-0.2, -0.15) is 0 Å². The van der Waals surface area contributed by atoms with Gasteiger partial charge >= 0.3 is 0 Å². The van der Waals surface area contributed by atoms with Crippen LogP contribution in [-0.4, -0.2) is 50.7 Å². The first-order valence-corrected chi connectivity index (χ1v) is 8.38. The molecule has 0 unspecified atom stereocenters. The highest BCUT2D eigenvalue weighted by Crippen LogP contribution is 2.19. The van der Waals surface area contributed by atoms with Crippen molar-refractivity contribution in [2.75, 3.05) is 45.8 Å². The minimum atomic E-state index is 1.09. The maximum atomic E-state index is 3.53. The van der Waals surface area contributed by atoms with Gasteiger partial charge in [0.15, 0.2) is 0 Å². The van der Waals surface area contributed by atoms with Gasteiger partial charge in [-0.05, 0) is 54.5 Å². The van der Waals surface area contributed by atoms with E-state index >= 15 is 0 Å². The SMILES string of the molecule is Brc1csc(CCNCCCN2CCNCC2)c1. The summed E-state index contributed by atoms with van der Waals surface area (Å²) in [4.78, 5) is 4.01. The minimum absolute atomic E-state index is 1.09. The van der Waals surface area contributed by atoms with Gasteiger partial charge in [-0.25, -0.2) is 0 Å². The number of hydrogen-bond acceptors (Lipinski definition) is 4. The Morgan fingerprint density at radius 2 is 2.17 bits per heavy atom. The van der Waals surface area contributed by atoms with Crippen LogP contribution in [0, 0.1) is 0 Å². The number of thiophene rings is 1. The van der Waals surface area contributed by atoms with E-state index in [4.69, 9.17) is 0 Å². The van der Waals surface area contributed by atoms with Crippen LogP contribution in [0.15, 0.2) is 15.9 Å². The van der Waals surface area contributed by atoms with Gasteiger partial charge in [-0.3, -0.25) is 0 Å². The second-order valence-electron chi connectivity index (χ2n) is 4.68. The first-order valence-electron chi connectivity index (χ1n) is 6.71. The molecule has 0 saturated carbocycles. The molecule has 0 aromatic carbocycles. The smallest absolute Gasteiger partial charge is 0.0285 e. The largest absolute Gasteiger partial charge is 0.316 e. The lowest BCUT2D eigenvalue weighted by molar-refractivity contribution is 0.238. The van der Waals surface area contributed by atoms with E-state index in [1.807, 2.05) is 11.3 Å². The maximum Gasteiger partial charge on any atom is 0.0285 e. The Kier molecular flexibility index (Phi) is 6.65. The summed E-state index contributed by atoms with van der Waals surface area (Å²) in [6.45, 7) is 8.19. The lowest BCUT2D eigenvalue weighted by Gasteiger charge is -2.27. The summed E-state index contributed by atoms with van der Waals surface area (Å²) in [6.07, 6.45) is 2.40. The summed E-state index contributed by atoms with van der Waals surface area (Å²) in [6, 6.07) is 2.22. The van der Waals surface area contributed by atoms with Crippen molar-refractivity contribution in [3.63, 3.8) is 0 Å². The van der Waals surface area contributed by atoms with Gasteiger partial charge < -0.3 is 15.5 Å². The Morgan fingerprint density at radius 1 is 1.33 bits per heavy atom. The highest BCUT2D eigenvalue weighted by Gasteiger charge is 2.07. The van der Waals surface area contributed by atoms with Gasteiger partial charge in [0.2, 0.25) is 0 Å². The molecule has 3 nitrogen and oxygen atoms in total. The van der Waals surface area contributed by atoms with E-state index in [1.165, 1.54) is 35.4 Å². The predicted octanol–water partition coefficient (Wildman–Crippen LogP) is 1.94. The molecule has 0 aliphatic carbocycles. The second kappa shape index (κ2) is 8.27.